The summed E-state index contributed by atoms with van der Waals surface area (Å²) < 4.78 is 39.4. The summed E-state index contributed by atoms with van der Waals surface area (Å²) in [7, 11) is -3.62. The Balaban J connectivity index is 1.95. The quantitative estimate of drug-likeness (QED) is 0.903. The maximum absolute atomic E-state index is 13.0. The van der Waals surface area contributed by atoms with Crippen molar-refractivity contribution in [1.82, 2.24) is 9.62 Å². The van der Waals surface area contributed by atoms with Crippen LogP contribution in [0.2, 0.25) is 5.02 Å². The fourth-order valence-electron chi connectivity index (χ4n) is 2.07. The monoisotopic (exact) mass is 306 g/mol. The van der Waals surface area contributed by atoms with Crippen molar-refractivity contribution in [3.05, 3.63) is 29.0 Å². The summed E-state index contributed by atoms with van der Waals surface area (Å²) in [4.78, 5) is 2.19. The summed E-state index contributed by atoms with van der Waals surface area (Å²) >= 11 is 5.58. The van der Waals surface area contributed by atoms with E-state index in [1.807, 2.05) is 0 Å². The average Bonchev–Trinajstić information content (AvgIpc) is 2.85. The predicted octanol–water partition coefficient (Wildman–Crippen LogP) is 1.85. The van der Waals surface area contributed by atoms with E-state index in [2.05, 4.69) is 9.62 Å². The molecule has 0 bridgehead atoms. The van der Waals surface area contributed by atoms with E-state index in [1.165, 1.54) is 18.9 Å². The van der Waals surface area contributed by atoms with Crippen molar-refractivity contribution in [3.8, 4) is 0 Å². The zero-order chi connectivity index (χ0) is 13.9. The van der Waals surface area contributed by atoms with Crippen LogP contribution in [0.15, 0.2) is 23.1 Å². The second-order valence-electron chi connectivity index (χ2n) is 4.52. The standard InChI is InChI=1S/C12H16ClFN2O2S/c13-11-9-10(3-4-12(11)14)19(17,18)15-5-8-16-6-1-2-7-16/h3-4,9,15H,1-2,5-8H2. The maximum Gasteiger partial charge on any atom is 0.240 e. The number of nitrogens with one attached hydrogen (secondary N) is 1. The molecule has 1 aromatic carbocycles. The molecule has 1 aliphatic rings. The van der Waals surface area contributed by atoms with Gasteiger partial charge in [-0.15, -0.1) is 0 Å². The van der Waals surface area contributed by atoms with Crippen LogP contribution in [0.5, 0.6) is 0 Å². The molecule has 1 N–H and O–H groups in total. The van der Waals surface area contributed by atoms with Gasteiger partial charge < -0.3 is 4.90 Å². The molecule has 2 rings (SSSR count). The Morgan fingerprint density at radius 2 is 2.00 bits per heavy atom. The van der Waals surface area contributed by atoms with Crippen LogP contribution in [0.25, 0.3) is 0 Å². The number of halogens is 2. The first kappa shape index (κ1) is 14.7. The fourth-order valence-corrected chi connectivity index (χ4v) is 3.36. The Kier molecular flexibility index (Phi) is 4.78. The van der Waals surface area contributed by atoms with E-state index in [1.54, 1.807) is 0 Å². The van der Waals surface area contributed by atoms with Gasteiger partial charge in [-0.2, -0.15) is 0 Å². The molecular formula is C12H16ClFN2O2S. The lowest BCUT2D eigenvalue weighted by Gasteiger charge is -2.14. The van der Waals surface area contributed by atoms with Crippen LogP contribution in [0.1, 0.15) is 12.8 Å². The van der Waals surface area contributed by atoms with Crippen LogP contribution >= 0.6 is 11.6 Å². The predicted molar refractivity (Wildman–Crippen MR) is 72.3 cm³/mol. The fraction of sp³-hybridized carbons (Fsp3) is 0.500. The lowest BCUT2D eigenvalue weighted by molar-refractivity contribution is 0.344. The van der Waals surface area contributed by atoms with Crippen molar-refractivity contribution in [2.75, 3.05) is 26.2 Å². The smallest absolute Gasteiger partial charge is 0.240 e. The number of rotatable bonds is 5. The molecule has 0 aromatic heterocycles. The number of benzene rings is 1. The van der Waals surface area contributed by atoms with E-state index < -0.39 is 15.8 Å². The number of sulfonamides is 1. The van der Waals surface area contributed by atoms with Crippen molar-refractivity contribution in [2.45, 2.75) is 17.7 Å². The largest absolute Gasteiger partial charge is 0.302 e. The Morgan fingerprint density at radius 3 is 2.63 bits per heavy atom. The Morgan fingerprint density at radius 1 is 1.32 bits per heavy atom. The molecule has 106 valence electrons. The summed E-state index contributed by atoms with van der Waals surface area (Å²) in [6, 6.07) is 3.38. The van der Waals surface area contributed by atoms with E-state index in [0.29, 0.717) is 13.1 Å². The van der Waals surface area contributed by atoms with Crippen molar-refractivity contribution in [2.24, 2.45) is 0 Å². The number of likely N-dealkylation sites (tertiary alicyclic amines) is 1. The molecule has 0 spiro atoms. The minimum absolute atomic E-state index is 0.0136. The summed E-state index contributed by atoms with van der Waals surface area (Å²) in [5.74, 6) is -0.627. The lowest BCUT2D eigenvalue weighted by atomic mass is 10.3. The third-order valence-corrected chi connectivity index (χ3v) is 4.87. The SMILES string of the molecule is O=S(=O)(NCCN1CCCC1)c1ccc(F)c(Cl)c1. The highest BCUT2D eigenvalue weighted by molar-refractivity contribution is 7.89. The minimum Gasteiger partial charge on any atom is -0.302 e. The molecule has 1 aliphatic heterocycles. The molecule has 0 radical (unpaired) electrons. The highest BCUT2D eigenvalue weighted by Crippen LogP contribution is 2.19. The van der Waals surface area contributed by atoms with E-state index in [-0.39, 0.29) is 9.92 Å². The van der Waals surface area contributed by atoms with Gasteiger partial charge >= 0.3 is 0 Å². The van der Waals surface area contributed by atoms with Gasteiger partial charge in [0.2, 0.25) is 10.0 Å². The summed E-state index contributed by atoms with van der Waals surface area (Å²) in [5.41, 5.74) is 0. The van der Waals surface area contributed by atoms with E-state index in [4.69, 9.17) is 11.6 Å². The number of hydrogen-bond acceptors (Lipinski definition) is 3. The molecule has 1 heterocycles. The van der Waals surface area contributed by atoms with Gasteiger partial charge in [0, 0.05) is 13.1 Å². The summed E-state index contributed by atoms with van der Waals surface area (Å²) in [6.07, 6.45) is 2.33. The molecular weight excluding hydrogens is 291 g/mol. The van der Waals surface area contributed by atoms with Gasteiger partial charge in [0.15, 0.2) is 0 Å². The van der Waals surface area contributed by atoms with Crippen LogP contribution in [0.4, 0.5) is 4.39 Å². The molecule has 7 heteroatoms. The average molecular weight is 307 g/mol. The molecule has 0 atom stereocenters. The summed E-state index contributed by atoms with van der Waals surface area (Å²) in [5, 5.41) is -0.192. The molecule has 1 saturated heterocycles. The van der Waals surface area contributed by atoms with Gasteiger partial charge in [-0.25, -0.2) is 17.5 Å². The number of nitrogens with zero attached hydrogens (tertiary/aromatic N) is 1. The number of hydrogen-bond donors (Lipinski definition) is 1. The van der Waals surface area contributed by atoms with Gasteiger partial charge in [-0.1, -0.05) is 11.6 Å². The molecule has 0 amide bonds. The topological polar surface area (TPSA) is 49.4 Å². The Bertz CT molecular complexity index is 545. The minimum atomic E-state index is -3.62. The second kappa shape index (κ2) is 6.17. The summed E-state index contributed by atoms with van der Waals surface area (Å²) in [6.45, 7) is 3.07. The van der Waals surface area contributed by atoms with E-state index in [9.17, 15) is 12.8 Å². The normalized spacial score (nSPS) is 16.9. The van der Waals surface area contributed by atoms with Crippen LogP contribution in [-0.4, -0.2) is 39.5 Å². The zero-order valence-electron chi connectivity index (χ0n) is 10.4. The lowest BCUT2D eigenvalue weighted by Crippen LogP contribution is -2.33. The maximum atomic E-state index is 13.0. The van der Waals surface area contributed by atoms with Gasteiger partial charge in [0.1, 0.15) is 5.82 Å². The van der Waals surface area contributed by atoms with Gasteiger partial charge in [-0.3, -0.25) is 0 Å². The zero-order valence-corrected chi connectivity index (χ0v) is 12.0. The second-order valence-corrected chi connectivity index (χ2v) is 6.70. The third kappa shape index (κ3) is 3.89. The molecule has 19 heavy (non-hydrogen) atoms. The first-order chi connectivity index (χ1) is 8.99. The Hall–Kier alpha value is -0.690. The van der Waals surface area contributed by atoms with Crippen LogP contribution < -0.4 is 4.72 Å². The highest BCUT2D eigenvalue weighted by atomic mass is 35.5. The Labute approximate surface area is 117 Å². The molecule has 0 aliphatic carbocycles. The molecule has 0 unspecified atom stereocenters. The van der Waals surface area contributed by atoms with Gasteiger partial charge in [-0.05, 0) is 44.1 Å². The molecule has 0 saturated carbocycles. The molecule has 4 nitrogen and oxygen atoms in total. The van der Waals surface area contributed by atoms with Gasteiger partial charge in [0.05, 0.1) is 9.92 Å². The van der Waals surface area contributed by atoms with Crippen molar-refractivity contribution in [3.63, 3.8) is 0 Å². The van der Waals surface area contributed by atoms with Crippen LogP contribution in [0.3, 0.4) is 0 Å². The van der Waals surface area contributed by atoms with Crippen LogP contribution in [-0.2, 0) is 10.0 Å². The molecule has 1 aromatic rings. The van der Waals surface area contributed by atoms with Crippen molar-refractivity contribution in [1.29, 1.82) is 0 Å². The van der Waals surface area contributed by atoms with Crippen molar-refractivity contribution >= 4 is 21.6 Å². The van der Waals surface area contributed by atoms with E-state index in [0.717, 1.165) is 25.2 Å². The van der Waals surface area contributed by atoms with Crippen molar-refractivity contribution < 1.29 is 12.8 Å². The third-order valence-electron chi connectivity index (χ3n) is 3.12. The van der Waals surface area contributed by atoms with Gasteiger partial charge in [0.25, 0.3) is 0 Å². The first-order valence-electron chi connectivity index (χ1n) is 6.16. The van der Waals surface area contributed by atoms with Crippen LogP contribution in [0, 0.1) is 5.82 Å². The highest BCUT2D eigenvalue weighted by Gasteiger charge is 2.17. The molecule has 1 fully saturated rings. The van der Waals surface area contributed by atoms with E-state index >= 15 is 0 Å². The first-order valence-corrected chi connectivity index (χ1v) is 8.02.